The molecule has 0 spiro atoms. The second-order valence-electron chi connectivity index (χ2n) is 4.11. The fraction of sp³-hybridized carbons (Fsp3) is 0.455. The zero-order valence-corrected chi connectivity index (χ0v) is 12.9. The van der Waals surface area contributed by atoms with Gasteiger partial charge in [-0.05, 0) is 25.5 Å². The minimum atomic E-state index is -3.79. The van der Waals surface area contributed by atoms with Crippen molar-refractivity contribution in [2.24, 2.45) is 0 Å². The van der Waals surface area contributed by atoms with Crippen molar-refractivity contribution in [1.82, 2.24) is 4.72 Å². The number of methoxy groups -OCH3 is 1. The van der Waals surface area contributed by atoms with Gasteiger partial charge in [0.2, 0.25) is 10.0 Å². The van der Waals surface area contributed by atoms with Crippen molar-refractivity contribution in [2.75, 3.05) is 19.5 Å². The Labute approximate surface area is 123 Å². The van der Waals surface area contributed by atoms with Crippen LogP contribution in [0.1, 0.15) is 13.3 Å². The topological polar surface area (TPSA) is 81.4 Å². The molecule has 1 aromatic rings. The second kappa shape index (κ2) is 6.76. The average Bonchev–Trinajstić information content (AvgIpc) is 2.23. The highest BCUT2D eigenvalue weighted by molar-refractivity contribution is 7.89. The molecule has 0 bridgehead atoms. The smallest absolute Gasteiger partial charge is 0.244 e. The Hall–Kier alpha value is -0.530. The summed E-state index contributed by atoms with van der Waals surface area (Å²) >= 11 is 11.6. The van der Waals surface area contributed by atoms with Gasteiger partial charge in [-0.15, -0.1) is 0 Å². The number of nitrogen functional groups attached to an aromatic ring is 1. The number of hydrogen-bond donors (Lipinski definition) is 2. The zero-order valence-electron chi connectivity index (χ0n) is 10.6. The van der Waals surface area contributed by atoms with Crippen molar-refractivity contribution in [2.45, 2.75) is 24.3 Å². The number of nitrogens with one attached hydrogen (secondary N) is 1. The van der Waals surface area contributed by atoms with Crippen molar-refractivity contribution >= 4 is 38.9 Å². The minimum absolute atomic E-state index is 0.00329. The molecule has 0 saturated heterocycles. The van der Waals surface area contributed by atoms with E-state index in [9.17, 15) is 8.42 Å². The highest BCUT2D eigenvalue weighted by Crippen LogP contribution is 2.31. The molecule has 8 heteroatoms. The maximum atomic E-state index is 12.2. The summed E-state index contributed by atoms with van der Waals surface area (Å²) in [5.41, 5.74) is 5.69. The van der Waals surface area contributed by atoms with E-state index in [1.165, 1.54) is 12.1 Å². The van der Waals surface area contributed by atoms with E-state index in [4.69, 9.17) is 33.7 Å². The quantitative estimate of drug-likeness (QED) is 0.786. The van der Waals surface area contributed by atoms with E-state index in [1.807, 2.05) is 0 Å². The Morgan fingerprint density at radius 2 is 2.05 bits per heavy atom. The molecule has 0 aliphatic heterocycles. The van der Waals surface area contributed by atoms with Crippen LogP contribution >= 0.6 is 23.2 Å². The Bertz CT molecular complexity index is 526. The lowest BCUT2D eigenvalue weighted by Gasteiger charge is -2.16. The van der Waals surface area contributed by atoms with Crippen LogP contribution in [0.3, 0.4) is 0 Å². The molecule has 0 saturated carbocycles. The van der Waals surface area contributed by atoms with E-state index in [0.29, 0.717) is 13.0 Å². The number of ether oxygens (including phenoxy) is 1. The molecular formula is C11H16Cl2N2O3S. The highest BCUT2D eigenvalue weighted by atomic mass is 35.5. The molecule has 0 heterocycles. The van der Waals surface area contributed by atoms with Crippen LogP contribution in [0, 0.1) is 0 Å². The second-order valence-corrected chi connectivity index (χ2v) is 6.60. The van der Waals surface area contributed by atoms with Crippen molar-refractivity contribution < 1.29 is 13.2 Å². The van der Waals surface area contributed by atoms with E-state index in [2.05, 4.69) is 4.72 Å². The first-order chi connectivity index (χ1) is 8.77. The number of hydrogen-bond acceptors (Lipinski definition) is 4. The van der Waals surface area contributed by atoms with Crippen LogP contribution < -0.4 is 10.5 Å². The van der Waals surface area contributed by atoms with Crippen LogP contribution in [0.5, 0.6) is 0 Å². The summed E-state index contributed by atoms with van der Waals surface area (Å²) < 4.78 is 31.8. The summed E-state index contributed by atoms with van der Waals surface area (Å²) in [6, 6.07) is 2.39. The van der Waals surface area contributed by atoms with Crippen molar-refractivity contribution in [3.63, 3.8) is 0 Å². The van der Waals surface area contributed by atoms with Crippen LogP contribution in [-0.2, 0) is 14.8 Å². The summed E-state index contributed by atoms with van der Waals surface area (Å²) in [5, 5.41) is 0.283. The first-order valence-corrected chi connectivity index (χ1v) is 7.77. The van der Waals surface area contributed by atoms with Gasteiger partial charge in [-0.2, -0.15) is 0 Å². The van der Waals surface area contributed by atoms with Gasteiger partial charge in [-0.3, -0.25) is 0 Å². The zero-order chi connectivity index (χ0) is 14.6. The molecule has 0 fully saturated rings. The molecule has 0 amide bonds. The Kier molecular flexibility index (Phi) is 5.88. The molecule has 0 radical (unpaired) electrons. The van der Waals surface area contributed by atoms with Gasteiger partial charge in [-0.25, -0.2) is 13.1 Å². The fourth-order valence-corrected chi connectivity index (χ4v) is 3.81. The number of nitrogens with two attached hydrogens (primary N) is 1. The summed E-state index contributed by atoms with van der Waals surface area (Å²) in [7, 11) is -2.24. The van der Waals surface area contributed by atoms with Crippen molar-refractivity contribution in [3.8, 4) is 0 Å². The normalized spacial score (nSPS) is 13.5. The van der Waals surface area contributed by atoms with Gasteiger partial charge in [0, 0.05) is 24.8 Å². The maximum Gasteiger partial charge on any atom is 0.244 e. The molecule has 0 aromatic heterocycles. The van der Waals surface area contributed by atoms with Gasteiger partial charge in [0.25, 0.3) is 0 Å². The van der Waals surface area contributed by atoms with Crippen molar-refractivity contribution in [3.05, 3.63) is 22.2 Å². The van der Waals surface area contributed by atoms with E-state index < -0.39 is 10.0 Å². The molecule has 1 unspecified atom stereocenters. The summed E-state index contributed by atoms with van der Waals surface area (Å²) in [5.74, 6) is 0. The number of anilines is 1. The van der Waals surface area contributed by atoms with Gasteiger partial charge < -0.3 is 10.5 Å². The lowest BCUT2D eigenvalue weighted by molar-refractivity contribution is 0.188. The van der Waals surface area contributed by atoms with Crippen molar-refractivity contribution in [1.29, 1.82) is 0 Å². The monoisotopic (exact) mass is 326 g/mol. The van der Waals surface area contributed by atoms with Crippen LogP contribution in [0.15, 0.2) is 17.0 Å². The van der Waals surface area contributed by atoms with Crippen LogP contribution in [-0.4, -0.2) is 28.2 Å². The molecule has 0 aliphatic rings. The number of sulfonamides is 1. The molecule has 5 nitrogen and oxygen atoms in total. The molecule has 108 valence electrons. The molecule has 0 aliphatic carbocycles. The Morgan fingerprint density at radius 3 is 2.58 bits per heavy atom. The summed E-state index contributed by atoms with van der Waals surface area (Å²) in [4.78, 5) is -0.150. The number of benzene rings is 1. The van der Waals surface area contributed by atoms with Crippen LogP contribution in [0.4, 0.5) is 5.69 Å². The maximum absolute atomic E-state index is 12.2. The first kappa shape index (κ1) is 16.5. The molecule has 3 N–H and O–H groups in total. The SMILES string of the molecule is COCCC(C)NS(=O)(=O)c1c(N)cc(Cl)cc1Cl. The standard InChI is InChI=1S/C11H16Cl2N2O3S/c1-7(3-4-18-2)15-19(16,17)11-9(13)5-8(12)6-10(11)14/h5-7,15H,3-4,14H2,1-2H3. The van der Waals surface area contributed by atoms with E-state index in [0.717, 1.165) is 0 Å². The Balaban J connectivity index is 3.01. The van der Waals surface area contributed by atoms with Gasteiger partial charge in [-0.1, -0.05) is 23.2 Å². The van der Waals surface area contributed by atoms with E-state index >= 15 is 0 Å². The predicted octanol–water partition coefficient (Wildman–Crippen LogP) is 2.28. The van der Waals surface area contributed by atoms with Gasteiger partial charge in [0.05, 0.1) is 10.7 Å². The van der Waals surface area contributed by atoms with Gasteiger partial charge >= 0.3 is 0 Å². The largest absolute Gasteiger partial charge is 0.398 e. The number of rotatable bonds is 6. The number of halogens is 2. The molecule has 1 aromatic carbocycles. The van der Waals surface area contributed by atoms with Crippen LogP contribution in [0.2, 0.25) is 10.0 Å². The predicted molar refractivity (Wildman–Crippen MR) is 77.2 cm³/mol. The average molecular weight is 327 g/mol. The molecule has 19 heavy (non-hydrogen) atoms. The molecule has 1 rings (SSSR count). The molecular weight excluding hydrogens is 311 g/mol. The first-order valence-electron chi connectivity index (χ1n) is 5.53. The molecule has 1 atom stereocenters. The minimum Gasteiger partial charge on any atom is -0.398 e. The lowest BCUT2D eigenvalue weighted by atomic mass is 10.3. The van der Waals surface area contributed by atoms with Gasteiger partial charge in [0.1, 0.15) is 4.90 Å². The van der Waals surface area contributed by atoms with E-state index in [-0.39, 0.29) is 26.7 Å². The summed E-state index contributed by atoms with van der Waals surface area (Å²) in [6.07, 6.45) is 0.543. The third-order valence-electron chi connectivity index (χ3n) is 2.42. The Morgan fingerprint density at radius 1 is 1.42 bits per heavy atom. The van der Waals surface area contributed by atoms with Gasteiger partial charge in [0.15, 0.2) is 0 Å². The van der Waals surface area contributed by atoms with Crippen LogP contribution in [0.25, 0.3) is 0 Å². The summed E-state index contributed by atoms with van der Waals surface area (Å²) in [6.45, 7) is 2.18. The lowest BCUT2D eigenvalue weighted by Crippen LogP contribution is -2.34. The fourth-order valence-electron chi connectivity index (χ4n) is 1.54. The third-order valence-corrected chi connectivity index (χ3v) is 4.75. The highest BCUT2D eigenvalue weighted by Gasteiger charge is 2.23. The van der Waals surface area contributed by atoms with E-state index in [1.54, 1.807) is 14.0 Å². The third kappa shape index (κ3) is 4.50.